The summed E-state index contributed by atoms with van der Waals surface area (Å²) in [7, 11) is 0.0679. The van der Waals surface area contributed by atoms with Crippen LogP contribution in [0.25, 0.3) is 11.0 Å². The van der Waals surface area contributed by atoms with E-state index in [1.54, 1.807) is 25.3 Å². The first-order valence-corrected chi connectivity index (χ1v) is 7.52. The van der Waals surface area contributed by atoms with Crippen LogP contribution in [0.3, 0.4) is 0 Å². The summed E-state index contributed by atoms with van der Waals surface area (Å²) in [6.07, 6.45) is 2.99. The van der Waals surface area contributed by atoms with Gasteiger partial charge < -0.3 is 14.7 Å². The predicted octanol–water partition coefficient (Wildman–Crippen LogP) is 2.09. The lowest BCUT2D eigenvalue weighted by molar-refractivity contribution is 0.414. The molecular weight excluding hydrogens is 290 g/mol. The summed E-state index contributed by atoms with van der Waals surface area (Å²) >= 11 is 0. The van der Waals surface area contributed by atoms with Crippen molar-refractivity contribution in [2.45, 2.75) is 10.9 Å². The number of fused-ring (bicyclic) bond motifs is 1. The molecule has 0 aliphatic carbocycles. The molecule has 2 aromatic heterocycles. The molecule has 6 nitrogen and oxygen atoms in total. The Balaban J connectivity index is 1.87. The molecule has 0 bridgehead atoms. The number of ether oxygens (including phenoxy) is 1. The Bertz CT molecular complexity index is 799. The highest BCUT2D eigenvalue weighted by atomic mass is 32.2. The van der Waals surface area contributed by atoms with Gasteiger partial charge in [0.15, 0.2) is 5.16 Å². The Morgan fingerprint density at radius 2 is 2.05 bits per heavy atom. The topological polar surface area (TPSA) is 80.1 Å². The number of rotatable bonds is 4. The van der Waals surface area contributed by atoms with E-state index in [0.717, 1.165) is 11.3 Å². The predicted molar refractivity (Wildman–Crippen MR) is 79.4 cm³/mol. The summed E-state index contributed by atoms with van der Waals surface area (Å²) in [5.74, 6) is 0.954. The first-order valence-electron chi connectivity index (χ1n) is 6.20. The fraction of sp³-hybridized carbons (Fsp3) is 0.143. The van der Waals surface area contributed by atoms with E-state index in [0.29, 0.717) is 15.8 Å². The van der Waals surface area contributed by atoms with E-state index in [4.69, 9.17) is 4.74 Å². The van der Waals surface area contributed by atoms with Crippen molar-refractivity contribution in [2.24, 2.45) is 0 Å². The maximum atomic E-state index is 12.3. The highest BCUT2D eigenvalue weighted by molar-refractivity contribution is 7.84. The molecular formula is C14H12N3O3S-. The van der Waals surface area contributed by atoms with E-state index in [1.807, 2.05) is 12.1 Å². The number of aromatic nitrogens is 3. The molecule has 0 spiro atoms. The van der Waals surface area contributed by atoms with Crippen molar-refractivity contribution in [2.75, 3.05) is 7.11 Å². The fourth-order valence-electron chi connectivity index (χ4n) is 1.97. The van der Waals surface area contributed by atoms with Crippen LogP contribution >= 0.6 is 0 Å². The van der Waals surface area contributed by atoms with Crippen molar-refractivity contribution in [3.05, 3.63) is 53.5 Å². The fourth-order valence-corrected chi connectivity index (χ4v) is 3.08. The van der Waals surface area contributed by atoms with Crippen LogP contribution in [0.2, 0.25) is 0 Å². The monoisotopic (exact) mass is 302 g/mol. The second kappa shape index (κ2) is 5.53. The van der Waals surface area contributed by atoms with Gasteiger partial charge in [0.25, 0.3) is 0 Å². The molecule has 0 amide bonds. The normalized spacial score (nSPS) is 12.4. The first-order chi connectivity index (χ1) is 10.2. The molecule has 1 unspecified atom stereocenters. The molecule has 21 heavy (non-hydrogen) atoms. The number of hydrogen-bond acceptors (Lipinski definition) is 5. The van der Waals surface area contributed by atoms with Crippen LogP contribution in [0.1, 0.15) is 5.56 Å². The summed E-state index contributed by atoms with van der Waals surface area (Å²) in [6, 6.07) is 8.77. The summed E-state index contributed by atoms with van der Waals surface area (Å²) in [4.78, 5) is 8.01. The van der Waals surface area contributed by atoms with Crippen molar-refractivity contribution in [3.8, 4) is 5.75 Å². The van der Waals surface area contributed by atoms with Crippen LogP contribution in [0, 0.1) is 5.21 Å². The number of imidazole rings is 1. The van der Waals surface area contributed by atoms with E-state index in [2.05, 4.69) is 9.97 Å². The lowest BCUT2D eigenvalue weighted by atomic mass is 10.2. The largest absolute Gasteiger partial charge is 0.804 e. The van der Waals surface area contributed by atoms with E-state index >= 15 is 0 Å². The number of benzene rings is 1. The van der Waals surface area contributed by atoms with Gasteiger partial charge >= 0.3 is 0 Å². The summed E-state index contributed by atoms with van der Waals surface area (Å²) in [6.45, 7) is 0. The van der Waals surface area contributed by atoms with E-state index in [-0.39, 0.29) is 10.9 Å². The average molecular weight is 302 g/mol. The zero-order valence-electron chi connectivity index (χ0n) is 11.2. The van der Waals surface area contributed by atoms with Crippen molar-refractivity contribution in [1.29, 1.82) is 0 Å². The second-order valence-corrected chi connectivity index (χ2v) is 5.74. The van der Waals surface area contributed by atoms with Crippen LogP contribution in [0.5, 0.6) is 5.75 Å². The molecule has 1 atom stereocenters. The maximum Gasteiger partial charge on any atom is 0.195 e. The minimum Gasteiger partial charge on any atom is -0.804 e. The summed E-state index contributed by atoms with van der Waals surface area (Å²) < 4.78 is 18.0. The van der Waals surface area contributed by atoms with Gasteiger partial charge in [0.05, 0.1) is 35.4 Å². The zero-order chi connectivity index (χ0) is 14.8. The molecule has 0 N–H and O–H groups in total. The third-order valence-corrected chi connectivity index (χ3v) is 4.31. The van der Waals surface area contributed by atoms with Crippen molar-refractivity contribution < 1.29 is 8.95 Å². The van der Waals surface area contributed by atoms with Gasteiger partial charge in [-0.05, 0) is 23.8 Å². The van der Waals surface area contributed by atoms with Gasteiger partial charge in [-0.3, -0.25) is 9.19 Å². The first kappa shape index (κ1) is 13.6. The van der Waals surface area contributed by atoms with Crippen LogP contribution in [-0.2, 0) is 16.6 Å². The highest BCUT2D eigenvalue weighted by Gasteiger charge is 2.12. The lowest BCUT2D eigenvalue weighted by Gasteiger charge is -2.11. The Hall–Kier alpha value is -2.41. The molecule has 0 saturated carbocycles. The van der Waals surface area contributed by atoms with E-state index in [1.165, 1.54) is 12.4 Å². The van der Waals surface area contributed by atoms with Gasteiger partial charge in [-0.2, -0.15) is 0 Å². The van der Waals surface area contributed by atoms with Gasteiger partial charge in [0.2, 0.25) is 0 Å². The quantitative estimate of drug-likeness (QED) is 0.737. The second-order valence-electron chi connectivity index (χ2n) is 4.39. The Labute approximate surface area is 123 Å². The van der Waals surface area contributed by atoms with Gasteiger partial charge in [0, 0.05) is 6.20 Å². The number of nitrogens with zero attached hydrogens (tertiary/aromatic N) is 3. The Morgan fingerprint density at radius 1 is 1.29 bits per heavy atom. The lowest BCUT2D eigenvalue weighted by Crippen LogP contribution is -2.03. The number of hydrogen-bond donors (Lipinski definition) is 0. The summed E-state index contributed by atoms with van der Waals surface area (Å²) in [5, 5.41) is 12.1. The maximum absolute atomic E-state index is 12.3. The highest BCUT2D eigenvalue weighted by Crippen LogP contribution is 2.19. The minimum atomic E-state index is -1.52. The van der Waals surface area contributed by atoms with Crippen LogP contribution in [0.4, 0.5) is 0 Å². The zero-order valence-corrected chi connectivity index (χ0v) is 12.0. The van der Waals surface area contributed by atoms with E-state index in [9.17, 15) is 9.42 Å². The smallest absolute Gasteiger partial charge is 0.195 e. The molecule has 3 aromatic rings. The molecule has 0 fully saturated rings. The molecule has 2 heterocycles. The molecule has 0 radical (unpaired) electrons. The van der Waals surface area contributed by atoms with Gasteiger partial charge in [0.1, 0.15) is 11.3 Å². The molecule has 7 heteroatoms. The van der Waals surface area contributed by atoms with Crippen molar-refractivity contribution >= 4 is 21.8 Å². The van der Waals surface area contributed by atoms with Crippen LogP contribution in [0.15, 0.2) is 47.9 Å². The third-order valence-electron chi connectivity index (χ3n) is 3.05. The average Bonchev–Trinajstić information content (AvgIpc) is 2.86. The van der Waals surface area contributed by atoms with Crippen LogP contribution in [-0.4, -0.2) is 26.0 Å². The van der Waals surface area contributed by atoms with E-state index < -0.39 is 10.8 Å². The number of pyridine rings is 1. The molecule has 0 aliphatic rings. The van der Waals surface area contributed by atoms with Gasteiger partial charge in [-0.25, -0.2) is 4.98 Å². The Morgan fingerprint density at radius 3 is 2.71 bits per heavy atom. The molecule has 3 rings (SSSR count). The minimum absolute atomic E-state index is 0.00816. The standard InChI is InChI=1S/C14H12N3O3S/c1-20-11-4-2-10(3-5-11)9-21(19)14-16-12-8-15-7-6-13(12)17(14)18/h2-8H,9H2,1H3/q-1. The molecule has 1 aromatic carbocycles. The molecule has 0 aliphatic heterocycles. The van der Waals surface area contributed by atoms with Crippen LogP contribution < -0.4 is 4.74 Å². The van der Waals surface area contributed by atoms with Gasteiger partial charge in [-0.15, -0.1) is 0 Å². The summed E-state index contributed by atoms with van der Waals surface area (Å²) in [5.41, 5.74) is 1.67. The Kier molecular flexibility index (Phi) is 3.57. The van der Waals surface area contributed by atoms with Crippen molar-refractivity contribution in [3.63, 3.8) is 0 Å². The third kappa shape index (κ3) is 2.59. The van der Waals surface area contributed by atoms with Gasteiger partial charge in [-0.1, -0.05) is 12.1 Å². The molecule has 108 valence electrons. The SMILES string of the molecule is COc1ccc(CS(=O)c2nc3cnccc3n2[O-])cc1. The number of methoxy groups -OCH3 is 1. The van der Waals surface area contributed by atoms with Crippen molar-refractivity contribution in [1.82, 2.24) is 14.7 Å². The molecule has 0 saturated heterocycles.